The number of hydrogen-bond donors (Lipinski definition) is 3. The van der Waals surface area contributed by atoms with Crippen molar-refractivity contribution in [1.82, 2.24) is 10.6 Å². The van der Waals surface area contributed by atoms with Crippen LogP contribution in [0, 0.1) is 23.2 Å². The maximum absolute atomic E-state index is 11.5. The van der Waals surface area contributed by atoms with E-state index in [0.717, 1.165) is 6.42 Å². The molecule has 1 fully saturated rings. The lowest BCUT2D eigenvalue weighted by atomic mass is 9.96. The van der Waals surface area contributed by atoms with Gasteiger partial charge >= 0.3 is 12.0 Å². The highest BCUT2D eigenvalue weighted by Gasteiger charge is 2.45. The predicted octanol–water partition coefficient (Wildman–Crippen LogP) is 1.69. The summed E-state index contributed by atoms with van der Waals surface area (Å²) in [5.41, 5.74) is 0.342. The van der Waals surface area contributed by atoms with Crippen LogP contribution in [0.4, 0.5) is 4.79 Å². The fraction of sp³-hybridized carbons (Fsp3) is 0.846. The zero-order valence-corrected chi connectivity index (χ0v) is 11.6. The molecule has 5 nitrogen and oxygen atoms in total. The summed E-state index contributed by atoms with van der Waals surface area (Å²) in [6.07, 6.45) is 1.14. The molecule has 0 aromatic carbocycles. The smallest absolute Gasteiger partial charge is 0.314 e. The Labute approximate surface area is 108 Å². The third-order valence-electron chi connectivity index (χ3n) is 3.83. The molecule has 1 rings (SSSR count). The summed E-state index contributed by atoms with van der Waals surface area (Å²) >= 11 is 0. The molecule has 0 saturated heterocycles. The molecule has 1 saturated carbocycles. The Morgan fingerprint density at radius 2 is 1.89 bits per heavy atom. The zero-order chi connectivity index (χ0) is 13.9. The largest absolute Gasteiger partial charge is 0.481 e. The number of carboxylic acid groups (broad SMARTS) is 1. The van der Waals surface area contributed by atoms with Crippen molar-refractivity contribution >= 4 is 12.0 Å². The van der Waals surface area contributed by atoms with Crippen LogP contribution >= 0.6 is 0 Å². The summed E-state index contributed by atoms with van der Waals surface area (Å²) in [7, 11) is 0. The van der Waals surface area contributed by atoms with Crippen LogP contribution in [0.2, 0.25) is 0 Å². The van der Waals surface area contributed by atoms with Gasteiger partial charge in [0.25, 0.3) is 0 Å². The first-order valence-corrected chi connectivity index (χ1v) is 6.48. The second kappa shape index (κ2) is 5.59. The third kappa shape index (κ3) is 4.20. The first-order chi connectivity index (χ1) is 8.24. The number of carbonyl (C=O) groups excluding carboxylic acids is 1. The van der Waals surface area contributed by atoms with Crippen LogP contribution in [0.25, 0.3) is 0 Å². The number of rotatable bonds is 6. The molecule has 0 radical (unpaired) electrons. The maximum atomic E-state index is 11.5. The van der Waals surface area contributed by atoms with Crippen LogP contribution in [0.5, 0.6) is 0 Å². The molecule has 0 heterocycles. The highest BCUT2D eigenvalue weighted by atomic mass is 16.4. The van der Waals surface area contributed by atoms with E-state index in [1.54, 1.807) is 0 Å². The van der Waals surface area contributed by atoms with Crippen molar-refractivity contribution in [3.63, 3.8) is 0 Å². The second-order valence-electron chi connectivity index (χ2n) is 6.17. The Morgan fingerprint density at radius 3 is 2.28 bits per heavy atom. The van der Waals surface area contributed by atoms with Gasteiger partial charge in [-0.1, -0.05) is 27.7 Å². The Kier molecular flexibility index (Phi) is 4.59. The predicted molar refractivity (Wildman–Crippen MR) is 69.3 cm³/mol. The van der Waals surface area contributed by atoms with Crippen LogP contribution in [0.15, 0.2) is 0 Å². The van der Waals surface area contributed by atoms with Crippen molar-refractivity contribution in [3.8, 4) is 0 Å². The van der Waals surface area contributed by atoms with E-state index in [0.29, 0.717) is 17.9 Å². The van der Waals surface area contributed by atoms with Gasteiger partial charge in [0.15, 0.2) is 0 Å². The van der Waals surface area contributed by atoms with Gasteiger partial charge in [-0.2, -0.15) is 0 Å². The normalized spacial score (nSPS) is 22.4. The van der Waals surface area contributed by atoms with E-state index in [1.807, 2.05) is 13.8 Å². The van der Waals surface area contributed by atoms with Crippen LogP contribution in [0.3, 0.4) is 0 Å². The number of urea groups is 1. The molecule has 0 bridgehead atoms. The molecule has 5 heteroatoms. The summed E-state index contributed by atoms with van der Waals surface area (Å²) in [5, 5.41) is 14.4. The highest BCUT2D eigenvalue weighted by molar-refractivity contribution is 5.75. The van der Waals surface area contributed by atoms with Gasteiger partial charge in [-0.15, -0.1) is 0 Å². The summed E-state index contributed by atoms with van der Waals surface area (Å²) in [6, 6.07) is -0.274. The lowest BCUT2D eigenvalue weighted by Crippen LogP contribution is -2.42. The van der Waals surface area contributed by atoms with Crippen LogP contribution in [0.1, 0.15) is 34.1 Å². The molecular weight excluding hydrogens is 232 g/mol. The minimum atomic E-state index is -0.867. The standard InChI is InChI=1S/C13H24N2O3/c1-8(2)10(11(16)17)7-15-12(18)14-6-9-5-13(9,3)4/h8-10H,5-7H2,1-4H3,(H,16,17)(H2,14,15,18). The van der Waals surface area contributed by atoms with Crippen molar-refractivity contribution in [2.24, 2.45) is 23.2 Å². The van der Waals surface area contributed by atoms with Crippen LogP contribution < -0.4 is 10.6 Å². The minimum Gasteiger partial charge on any atom is -0.481 e. The number of aliphatic carboxylic acids is 1. The molecule has 2 atom stereocenters. The molecule has 104 valence electrons. The maximum Gasteiger partial charge on any atom is 0.314 e. The van der Waals surface area contributed by atoms with E-state index in [-0.39, 0.29) is 18.5 Å². The molecule has 1 aliphatic rings. The molecule has 0 spiro atoms. The summed E-state index contributed by atoms with van der Waals surface area (Å²) in [6.45, 7) is 8.87. The topological polar surface area (TPSA) is 78.4 Å². The van der Waals surface area contributed by atoms with Gasteiger partial charge in [0.2, 0.25) is 0 Å². The first-order valence-electron chi connectivity index (χ1n) is 6.48. The monoisotopic (exact) mass is 256 g/mol. The Morgan fingerprint density at radius 1 is 1.33 bits per heavy atom. The number of amides is 2. The fourth-order valence-electron chi connectivity index (χ4n) is 2.01. The molecule has 2 amide bonds. The Bertz CT molecular complexity index is 326. The van der Waals surface area contributed by atoms with E-state index in [1.165, 1.54) is 0 Å². The number of hydrogen-bond acceptors (Lipinski definition) is 2. The molecular formula is C13H24N2O3. The van der Waals surface area contributed by atoms with E-state index in [4.69, 9.17) is 5.11 Å². The van der Waals surface area contributed by atoms with Gasteiger partial charge in [0.05, 0.1) is 5.92 Å². The van der Waals surface area contributed by atoms with Gasteiger partial charge in [-0.3, -0.25) is 4.79 Å². The lowest BCUT2D eigenvalue weighted by Gasteiger charge is -2.17. The second-order valence-corrected chi connectivity index (χ2v) is 6.17. The number of carboxylic acids is 1. The van der Waals surface area contributed by atoms with Crippen molar-refractivity contribution in [3.05, 3.63) is 0 Å². The molecule has 1 aliphatic carbocycles. The molecule has 3 N–H and O–H groups in total. The van der Waals surface area contributed by atoms with E-state index in [2.05, 4.69) is 24.5 Å². The quantitative estimate of drug-likeness (QED) is 0.676. The van der Waals surface area contributed by atoms with Crippen molar-refractivity contribution in [2.45, 2.75) is 34.1 Å². The number of carbonyl (C=O) groups is 2. The van der Waals surface area contributed by atoms with Crippen molar-refractivity contribution in [1.29, 1.82) is 0 Å². The molecule has 2 unspecified atom stereocenters. The van der Waals surface area contributed by atoms with Gasteiger partial charge in [-0.05, 0) is 23.7 Å². The average molecular weight is 256 g/mol. The van der Waals surface area contributed by atoms with Crippen molar-refractivity contribution < 1.29 is 14.7 Å². The van der Waals surface area contributed by atoms with Crippen molar-refractivity contribution in [2.75, 3.05) is 13.1 Å². The Balaban J connectivity index is 2.22. The van der Waals surface area contributed by atoms with Gasteiger partial charge in [0.1, 0.15) is 0 Å². The zero-order valence-electron chi connectivity index (χ0n) is 11.6. The average Bonchev–Trinajstić information content (AvgIpc) is 2.82. The summed E-state index contributed by atoms with van der Waals surface area (Å²) < 4.78 is 0. The van der Waals surface area contributed by atoms with Gasteiger partial charge < -0.3 is 15.7 Å². The molecule has 0 aromatic heterocycles. The number of nitrogens with one attached hydrogen (secondary N) is 2. The van der Waals surface area contributed by atoms with Gasteiger partial charge in [-0.25, -0.2) is 4.79 Å². The summed E-state index contributed by atoms with van der Waals surface area (Å²) in [4.78, 5) is 22.5. The SMILES string of the molecule is CC(C)C(CNC(=O)NCC1CC1(C)C)C(=O)O. The highest BCUT2D eigenvalue weighted by Crippen LogP contribution is 2.50. The van der Waals surface area contributed by atoms with E-state index < -0.39 is 11.9 Å². The van der Waals surface area contributed by atoms with E-state index >= 15 is 0 Å². The first kappa shape index (κ1) is 14.8. The van der Waals surface area contributed by atoms with Crippen LogP contribution in [-0.2, 0) is 4.79 Å². The molecule has 0 aliphatic heterocycles. The fourth-order valence-corrected chi connectivity index (χ4v) is 2.01. The van der Waals surface area contributed by atoms with Crippen LogP contribution in [-0.4, -0.2) is 30.2 Å². The lowest BCUT2D eigenvalue weighted by molar-refractivity contribution is -0.142. The minimum absolute atomic E-state index is 0.00478. The van der Waals surface area contributed by atoms with Gasteiger partial charge in [0, 0.05) is 13.1 Å². The molecule has 0 aromatic rings. The van der Waals surface area contributed by atoms with E-state index in [9.17, 15) is 9.59 Å². The molecule has 18 heavy (non-hydrogen) atoms. The third-order valence-corrected chi connectivity index (χ3v) is 3.83. The Hall–Kier alpha value is -1.26. The summed E-state index contributed by atoms with van der Waals surface area (Å²) in [5.74, 6) is -0.851.